The lowest BCUT2D eigenvalue weighted by molar-refractivity contribution is -0.150. The summed E-state index contributed by atoms with van der Waals surface area (Å²) in [5, 5.41) is 31.5. The van der Waals surface area contributed by atoms with Gasteiger partial charge in [0.05, 0.1) is 0 Å². The van der Waals surface area contributed by atoms with Gasteiger partial charge in [0.15, 0.2) is 11.5 Å². The van der Waals surface area contributed by atoms with Gasteiger partial charge in [0.25, 0.3) is 0 Å². The lowest BCUT2D eigenvalue weighted by atomic mass is 9.45. The molecule has 2 bridgehead atoms. The van der Waals surface area contributed by atoms with Crippen LogP contribution in [0.4, 0.5) is 5.69 Å². The molecular formula is C23H25NO7. The molecule has 31 heavy (non-hydrogen) atoms. The number of allylic oxidation sites excluding steroid dienone is 2. The number of ketones is 2. The molecule has 4 aliphatic rings. The number of carbonyl (C=O) groups excluding carboxylic acids is 3. The summed E-state index contributed by atoms with van der Waals surface area (Å²) in [6.45, 7) is 1.85. The number of amides is 1. The topological polar surface area (TPSA) is 141 Å². The van der Waals surface area contributed by atoms with E-state index >= 15 is 0 Å². The van der Waals surface area contributed by atoms with Gasteiger partial charge in [0.1, 0.15) is 22.8 Å². The van der Waals surface area contributed by atoms with Crippen LogP contribution < -0.4 is 5.32 Å². The third-order valence-electron chi connectivity index (χ3n) is 7.55. The molecule has 0 radical (unpaired) electrons. The van der Waals surface area contributed by atoms with Crippen molar-refractivity contribution in [2.45, 2.75) is 45.4 Å². The lowest BCUT2D eigenvalue weighted by Gasteiger charge is -2.57. The van der Waals surface area contributed by atoms with E-state index in [2.05, 4.69) is 5.32 Å². The minimum atomic E-state index is -1.40. The standard InChI is InChI=1S/C23H25NO7/c1-22(16-10-12-4-8-23(16,11-15(12)26)9-5-17(22)27)7-6-18(28)24-19-14(25)3-2-13(20(19)29)21(30)31/h2-3,5,9,12,16,25,29H,4,6-8,10-11H2,1H3,(H,24,28)(H,30,31)/t12-,16-,22-,23+/m0/s1. The molecule has 0 saturated heterocycles. The molecule has 5 rings (SSSR count). The molecule has 3 fully saturated rings. The molecule has 1 amide bonds. The van der Waals surface area contributed by atoms with Crippen molar-refractivity contribution < 1.29 is 34.5 Å². The summed E-state index contributed by atoms with van der Waals surface area (Å²) in [5.41, 5.74) is -1.93. The number of carboxylic acid groups (broad SMARTS) is 1. The van der Waals surface area contributed by atoms with Crippen LogP contribution in [-0.2, 0) is 14.4 Å². The Morgan fingerprint density at radius 3 is 2.65 bits per heavy atom. The van der Waals surface area contributed by atoms with Gasteiger partial charge in [-0.15, -0.1) is 0 Å². The Morgan fingerprint density at radius 1 is 1.23 bits per heavy atom. The summed E-state index contributed by atoms with van der Waals surface area (Å²) in [4.78, 5) is 49.0. The van der Waals surface area contributed by atoms with Crippen molar-refractivity contribution >= 4 is 29.1 Å². The maximum absolute atomic E-state index is 12.9. The first-order valence-electron chi connectivity index (χ1n) is 10.4. The van der Waals surface area contributed by atoms with Gasteiger partial charge in [-0.2, -0.15) is 0 Å². The normalized spacial score (nSPS) is 31.4. The average molecular weight is 427 g/mol. The predicted octanol–water partition coefficient (Wildman–Crippen LogP) is 3.04. The van der Waals surface area contributed by atoms with E-state index in [4.69, 9.17) is 5.11 Å². The lowest BCUT2D eigenvalue weighted by Crippen LogP contribution is -2.56. The average Bonchev–Trinajstić information content (AvgIpc) is 2.72. The first-order chi connectivity index (χ1) is 14.6. The number of aromatic hydroxyl groups is 2. The Kier molecular flexibility index (Phi) is 4.91. The van der Waals surface area contributed by atoms with Crippen LogP contribution in [0, 0.1) is 22.7 Å². The molecule has 4 aliphatic carbocycles. The Labute approximate surface area is 179 Å². The van der Waals surface area contributed by atoms with Crippen molar-refractivity contribution in [1.82, 2.24) is 0 Å². The number of phenols is 2. The van der Waals surface area contributed by atoms with E-state index in [1.54, 1.807) is 6.08 Å². The Hall–Kier alpha value is -3.16. The molecule has 8 heteroatoms. The second-order valence-corrected chi connectivity index (χ2v) is 9.22. The predicted molar refractivity (Wildman–Crippen MR) is 110 cm³/mol. The SMILES string of the molecule is C[C@@]1(CCC(=O)Nc2c(O)ccc(C(=O)O)c2O)C(=O)C=C[C@@]23CC[C@@H](C[C@H]21)C(=O)C3. The summed E-state index contributed by atoms with van der Waals surface area (Å²) in [6.07, 6.45) is 6.44. The minimum absolute atomic E-state index is 0.0149. The van der Waals surface area contributed by atoms with Gasteiger partial charge in [0, 0.05) is 24.2 Å². The highest BCUT2D eigenvalue weighted by Crippen LogP contribution is 2.62. The summed E-state index contributed by atoms with van der Waals surface area (Å²) in [5.74, 6) is -2.98. The number of Topliss-reactive ketones (excluding diaryl/α,β-unsaturated/α-hetero) is 1. The second-order valence-electron chi connectivity index (χ2n) is 9.22. The van der Waals surface area contributed by atoms with Crippen LogP contribution in [0.2, 0.25) is 0 Å². The van der Waals surface area contributed by atoms with E-state index in [-0.39, 0.29) is 47.3 Å². The number of aromatic carboxylic acids is 1. The maximum atomic E-state index is 12.9. The zero-order valence-electron chi connectivity index (χ0n) is 17.2. The molecule has 164 valence electrons. The summed E-state index contributed by atoms with van der Waals surface area (Å²) in [6, 6.07) is 2.12. The van der Waals surface area contributed by atoms with Crippen LogP contribution in [0.5, 0.6) is 11.5 Å². The molecule has 0 heterocycles. The van der Waals surface area contributed by atoms with E-state index in [1.165, 1.54) is 0 Å². The molecule has 4 atom stereocenters. The number of fused-ring (bicyclic) bond motifs is 2. The number of hydrogen-bond acceptors (Lipinski definition) is 6. The number of anilines is 1. The van der Waals surface area contributed by atoms with Gasteiger partial charge < -0.3 is 20.6 Å². The number of nitrogens with one attached hydrogen (secondary N) is 1. The largest absolute Gasteiger partial charge is 0.506 e. The molecule has 0 aromatic heterocycles. The fraction of sp³-hybridized carbons (Fsp3) is 0.478. The van der Waals surface area contributed by atoms with Crippen molar-refractivity contribution in [2.24, 2.45) is 22.7 Å². The molecule has 0 unspecified atom stereocenters. The van der Waals surface area contributed by atoms with Crippen LogP contribution in [0.25, 0.3) is 0 Å². The van der Waals surface area contributed by atoms with Gasteiger partial charge in [-0.25, -0.2) is 4.79 Å². The number of phenolic OH excluding ortho intramolecular Hbond substituents is 1. The zero-order chi connectivity index (χ0) is 22.6. The Balaban J connectivity index is 1.52. The van der Waals surface area contributed by atoms with E-state index in [0.717, 1.165) is 25.0 Å². The number of hydrogen-bond donors (Lipinski definition) is 4. The van der Waals surface area contributed by atoms with Crippen molar-refractivity contribution in [1.29, 1.82) is 0 Å². The first kappa shape index (κ1) is 21.1. The molecule has 0 aliphatic heterocycles. The molecule has 8 nitrogen and oxygen atoms in total. The van der Waals surface area contributed by atoms with Gasteiger partial charge in [-0.1, -0.05) is 13.0 Å². The highest BCUT2D eigenvalue weighted by molar-refractivity contribution is 6.01. The van der Waals surface area contributed by atoms with Gasteiger partial charge >= 0.3 is 5.97 Å². The summed E-state index contributed by atoms with van der Waals surface area (Å²) >= 11 is 0. The molecule has 1 aromatic carbocycles. The van der Waals surface area contributed by atoms with E-state index < -0.39 is 34.4 Å². The molecular weight excluding hydrogens is 402 g/mol. The minimum Gasteiger partial charge on any atom is -0.506 e. The van der Waals surface area contributed by atoms with Crippen molar-refractivity contribution in [2.75, 3.05) is 5.32 Å². The monoisotopic (exact) mass is 427 g/mol. The van der Waals surface area contributed by atoms with Gasteiger partial charge in [0.2, 0.25) is 5.91 Å². The van der Waals surface area contributed by atoms with E-state index in [9.17, 15) is 29.4 Å². The zero-order valence-corrected chi connectivity index (χ0v) is 17.2. The van der Waals surface area contributed by atoms with Crippen LogP contribution in [-0.4, -0.2) is 38.8 Å². The molecule has 4 N–H and O–H groups in total. The van der Waals surface area contributed by atoms with E-state index in [0.29, 0.717) is 12.8 Å². The van der Waals surface area contributed by atoms with Gasteiger partial charge in [-0.05, 0) is 55.2 Å². The quantitative estimate of drug-likeness (QED) is 0.529. The highest BCUT2D eigenvalue weighted by atomic mass is 16.4. The van der Waals surface area contributed by atoms with Gasteiger partial charge in [-0.3, -0.25) is 14.4 Å². The van der Waals surface area contributed by atoms with Crippen molar-refractivity contribution in [3.05, 3.63) is 29.8 Å². The fourth-order valence-corrected chi connectivity index (χ4v) is 5.73. The first-order valence-corrected chi connectivity index (χ1v) is 10.4. The molecule has 1 spiro atoms. The molecule has 1 aromatic rings. The van der Waals surface area contributed by atoms with Crippen LogP contribution in [0.1, 0.15) is 55.8 Å². The number of rotatable bonds is 5. The molecule has 3 saturated carbocycles. The van der Waals surface area contributed by atoms with Crippen LogP contribution in [0.15, 0.2) is 24.3 Å². The van der Waals surface area contributed by atoms with Crippen molar-refractivity contribution in [3.63, 3.8) is 0 Å². The third-order valence-corrected chi connectivity index (χ3v) is 7.55. The fourth-order valence-electron chi connectivity index (χ4n) is 5.73. The summed E-state index contributed by atoms with van der Waals surface area (Å²) in [7, 11) is 0. The number of carboxylic acids is 1. The van der Waals surface area contributed by atoms with E-state index in [1.807, 2.05) is 13.0 Å². The van der Waals surface area contributed by atoms with Crippen molar-refractivity contribution in [3.8, 4) is 11.5 Å². The smallest absolute Gasteiger partial charge is 0.339 e. The third kappa shape index (κ3) is 3.30. The second kappa shape index (κ2) is 7.21. The Morgan fingerprint density at radius 2 is 1.97 bits per heavy atom. The van der Waals surface area contributed by atoms with Crippen LogP contribution >= 0.6 is 0 Å². The number of carbonyl (C=O) groups is 4. The van der Waals surface area contributed by atoms with Crippen LogP contribution in [0.3, 0.4) is 0 Å². The number of benzene rings is 1. The highest BCUT2D eigenvalue weighted by Gasteiger charge is 2.59. The Bertz CT molecular complexity index is 1030. The summed E-state index contributed by atoms with van der Waals surface area (Å²) < 4.78 is 0. The maximum Gasteiger partial charge on any atom is 0.339 e.